The third-order valence-corrected chi connectivity index (χ3v) is 2.66. The molecule has 0 aliphatic carbocycles. The number of rotatable bonds is 6. The maximum atomic E-state index is 13.4. The number of ether oxygens (including phenoxy) is 1. The van der Waals surface area contributed by atoms with Crippen LogP contribution in [0.3, 0.4) is 0 Å². The monoisotopic (exact) mass is 301 g/mol. The van der Waals surface area contributed by atoms with Crippen molar-refractivity contribution in [2.24, 2.45) is 0 Å². The molecule has 5 nitrogen and oxygen atoms in total. The Bertz CT molecular complexity index is 521. The summed E-state index contributed by atoms with van der Waals surface area (Å²) in [4.78, 5) is 22.2. The predicted octanol–water partition coefficient (Wildman–Crippen LogP) is 2.91. The van der Waals surface area contributed by atoms with Crippen LogP contribution in [0.25, 0.3) is 0 Å². The van der Waals surface area contributed by atoms with E-state index in [2.05, 4.69) is 11.9 Å². The van der Waals surface area contributed by atoms with Gasteiger partial charge in [0, 0.05) is 0 Å². The molecular formula is C13H13ClFNO4. The van der Waals surface area contributed by atoms with Gasteiger partial charge in [0.25, 0.3) is 0 Å². The number of hydrogen-bond acceptors (Lipinski definition) is 3. The van der Waals surface area contributed by atoms with E-state index in [1.165, 1.54) is 18.2 Å². The van der Waals surface area contributed by atoms with Crippen LogP contribution in [0, 0.1) is 5.82 Å². The third-order valence-electron chi connectivity index (χ3n) is 2.35. The molecule has 0 aliphatic heterocycles. The van der Waals surface area contributed by atoms with Gasteiger partial charge < -0.3 is 15.2 Å². The molecule has 0 bridgehead atoms. The largest absolute Gasteiger partial charge is 0.481 e. The van der Waals surface area contributed by atoms with Crippen LogP contribution in [0.1, 0.15) is 18.0 Å². The van der Waals surface area contributed by atoms with E-state index in [1.807, 2.05) is 0 Å². The Morgan fingerprint density at radius 1 is 1.55 bits per heavy atom. The number of amides is 1. The highest BCUT2D eigenvalue weighted by molar-refractivity contribution is 6.30. The van der Waals surface area contributed by atoms with Gasteiger partial charge in [-0.1, -0.05) is 30.3 Å². The molecule has 1 amide bonds. The van der Waals surface area contributed by atoms with Gasteiger partial charge in [0.05, 0.1) is 17.5 Å². The minimum atomic E-state index is -1.14. The molecule has 0 aromatic heterocycles. The summed E-state index contributed by atoms with van der Waals surface area (Å²) < 4.78 is 18.1. The van der Waals surface area contributed by atoms with Crippen molar-refractivity contribution in [2.75, 3.05) is 6.61 Å². The van der Waals surface area contributed by atoms with Crippen LogP contribution in [0.15, 0.2) is 30.9 Å². The quantitative estimate of drug-likeness (QED) is 0.792. The molecule has 1 aromatic carbocycles. The Hall–Kier alpha value is -2.08. The van der Waals surface area contributed by atoms with Crippen LogP contribution in [0.2, 0.25) is 5.02 Å². The average molecular weight is 302 g/mol. The van der Waals surface area contributed by atoms with Crippen molar-refractivity contribution in [3.8, 4) is 0 Å². The van der Waals surface area contributed by atoms with Gasteiger partial charge in [-0.3, -0.25) is 4.79 Å². The van der Waals surface area contributed by atoms with E-state index in [-0.39, 0.29) is 17.2 Å². The number of hydrogen-bond donors (Lipinski definition) is 2. The first kappa shape index (κ1) is 16.0. The lowest BCUT2D eigenvalue weighted by molar-refractivity contribution is -0.137. The second-order valence-corrected chi connectivity index (χ2v) is 4.26. The predicted molar refractivity (Wildman–Crippen MR) is 71.1 cm³/mol. The molecule has 7 heteroatoms. The van der Waals surface area contributed by atoms with Gasteiger partial charge in [-0.2, -0.15) is 0 Å². The van der Waals surface area contributed by atoms with Gasteiger partial charge in [-0.15, -0.1) is 0 Å². The molecule has 0 aliphatic rings. The third kappa shape index (κ3) is 4.89. The van der Waals surface area contributed by atoms with Crippen LogP contribution in [0.4, 0.5) is 9.18 Å². The van der Waals surface area contributed by atoms with Gasteiger partial charge in [-0.05, 0) is 17.7 Å². The van der Waals surface area contributed by atoms with E-state index in [9.17, 15) is 14.0 Å². The van der Waals surface area contributed by atoms with Crippen molar-refractivity contribution in [1.82, 2.24) is 5.32 Å². The van der Waals surface area contributed by atoms with Crippen molar-refractivity contribution in [3.05, 3.63) is 47.3 Å². The summed E-state index contributed by atoms with van der Waals surface area (Å²) in [5, 5.41) is 11.1. The molecular weight excluding hydrogens is 289 g/mol. The zero-order valence-electron chi connectivity index (χ0n) is 10.4. The molecule has 108 valence electrons. The molecule has 0 radical (unpaired) electrons. The molecule has 1 atom stereocenters. The van der Waals surface area contributed by atoms with Crippen LogP contribution in [0.5, 0.6) is 0 Å². The Labute approximate surface area is 120 Å². The molecule has 0 saturated heterocycles. The molecule has 2 N–H and O–H groups in total. The lowest BCUT2D eigenvalue weighted by Crippen LogP contribution is -2.30. The van der Waals surface area contributed by atoms with E-state index < -0.39 is 30.3 Å². The topological polar surface area (TPSA) is 75.6 Å². The highest BCUT2D eigenvalue weighted by Crippen LogP contribution is 2.22. The summed E-state index contributed by atoms with van der Waals surface area (Å²) in [6.45, 7) is 3.36. The number of halogens is 2. The van der Waals surface area contributed by atoms with Gasteiger partial charge >= 0.3 is 12.1 Å². The van der Waals surface area contributed by atoms with E-state index in [0.717, 1.165) is 6.07 Å². The van der Waals surface area contributed by atoms with Crippen molar-refractivity contribution < 1.29 is 23.8 Å². The Morgan fingerprint density at radius 2 is 2.25 bits per heavy atom. The Balaban J connectivity index is 2.87. The maximum Gasteiger partial charge on any atom is 0.407 e. The van der Waals surface area contributed by atoms with Crippen molar-refractivity contribution in [3.63, 3.8) is 0 Å². The molecule has 0 heterocycles. The van der Waals surface area contributed by atoms with Gasteiger partial charge in [0.15, 0.2) is 0 Å². The van der Waals surface area contributed by atoms with Crippen molar-refractivity contribution >= 4 is 23.7 Å². The fourth-order valence-corrected chi connectivity index (χ4v) is 1.59. The first-order valence-corrected chi connectivity index (χ1v) is 6.02. The summed E-state index contributed by atoms with van der Waals surface area (Å²) in [6.07, 6.45) is 0.143. The summed E-state index contributed by atoms with van der Waals surface area (Å²) in [6, 6.07) is 2.88. The van der Waals surface area contributed by atoms with Crippen LogP contribution in [-0.4, -0.2) is 23.8 Å². The number of carbonyl (C=O) groups excluding carboxylic acids is 1. The molecule has 20 heavy (non-hydrogen) atoms. The number of alkyl carbamates (subject to hydrolysis) is 1. The zero-order valence-corrected chi connectivity index (χ0v) is 11.2. The fraction of sp³-hybridized carbons (Fsp3) is 0.231. The van der Waals surface area contributed by atoms with Crippen molar-refractivity contribution in [1.29, 1.82) is 0 Å². The number of benzene rings is 1. The number of carboxylic acids is 1. The lowest BCUT2D eigenvalue weighted by atomic mass is 10.0. The molecule has 0 saturated carbocycles. The van der Waals surface area contributed by atoms with E-state index in [0.29, 0.717) is 0 Å². The normalized spacial score (nSPS) is 11.5. The van der Waals surface area contributed by atoms with Crippen LogP contribution >= 0.6 is 11.6 Å². The van der Waals surface area contributed by atoms with Crippen molar-refractivity contribution in [2.45, 2.75) is 12.5 Å². The second kappa shape index (κ2) is 7.49. The number of aliphatic carboxylic acids is 1. The summed E-state index contributed by atoms with van der Waals surface area (Å²) >= 11 is 5.55. The number of carboxylic acid groups (broad SMARTS) is 1. The summed E-state index contributed by atoms with van der Waals surface area (Å²) in [7, 11) is 0. The molecule has 0 unspecified atom stereocenters. The summed E-state index contributed by atoms with van der Waals surface area (Å²) in [5.74, 6) is -1.84. The molecule has 0 spiro atoms. The maximum absolute atomic E-state index is 13.4. The highest BCUT2D eigenvalue weighted by atomic mass is 35.5. The minimum absolute atomic E-state index is 0.0133. The van der Waals surface area contributed by atoms with Gasteiger partial charge in [-0.25, -0.2) is 9.18 Å². The molecule has 1 aromatic rings. The second-order valence-electron chi connectivity index (χ2n) is 3.86. The standard InChI is InChI=1S/C13H13ClFNO4/c1-2-5-20-13(19)16-11(7-12(17)18)8-3-4-9(14)10(15)6-8/h2-4,6,11H,1,5,7H2,(H,16,19)(H,17,18)/t11-/m0/s1. The van der Waals surface area contributed by atoms with Crippen LogP contribution < -0.4 is 5.32 Å². The molecule has 0 fully saturated rings. The number of nitrogens with one attached hydrogen (secondary N) is 1. The minimum Gasteiger partial charge on any atom is -0.481 e. The SMILES string of the molecule is C=CCOC(=O)N[C@@H](CC(=O)O)c1ccc(Cl)c(F)c1. The van der Waals surface area contributed by atoms with Crippen LogP contribution in [-0.2, 0) is 9.53 Å². The van der Waals surface area contributed by atoms with E-state index >= 15 is 0 Å². The zero-order chi connectivity index (χ0) is 15.1. The Kier molecular flexibility index (Phi) is 5.99. The fourth-order valence-electron chi connectivity index (χ4n) is 1.47. The average Bonchev–Trinajstić information content (AvgIpc) is 2.38. The van der Waals surface area contributed by atoms with E-state index in [1.54, 1.807) is 0 Å². The first-order chi connectivity index (χ1) is 9.43. The Morgan fingerprint density at radius 3 is 2.80 bits per heavy atom. The highest BCUT2D eigenvalue weighted by Gasteiger charge is 2.19. The smallest absolute Gasteiger partial charge is 0.407 e. The first-order valence-electron chi connectivity index (χ1n) is 5.65. The summed E-state index contributed by atoms with van der Waals surface area (Å²) in [5.41, 5.74) is 0.282. The van der Waals surface area contributed by atoms with Gasteiger partial charge in [0.2, 0.25) is 0 Å². The lowest BCUT2D eigenvalue weighted by Gasteiger charge is -2.17. The van der Waals surface area contributed by atoms with Gasteiger partial charge in [0.1, 0.15) is 12.4 Å². The number of carbonyl (C=O) groups is 2. The molecule has 1 rings (SSSR count). The van der Waals surface area contributed by atoms with E-state index in [4.69, 9.17) is 21.4 Å².